The van der Waals surface area contributed by atoms with E-state index in [1.807, 2.05) is 39.0 Å². The zero-order valence-corrected chi connectivity index (χ0v) is 19.6. The van der Waals surface area contributed by atoms with Crippen LogP contribution >= 0.6 is 0 Å². The summed E-state index contributed by atoms with van der Waals surface area (Å²) in [4.78, 5) is 27.2. The molecule has 8 nitrogen and oxygen atoms in total. The molecule has 33 heavy (non-hydrogen) atoms. The lowest BCUT2D eigenvalue weighted by Gasteiger charge is -2.50. The number of aliphatic carboxylic acids is 1. The van der Waals surface area contributed by atoms with Gasteiger partial charge < -0.3 is 14.7 Å². The van der Waals surface area contributed by atoms with Crippen LogP contribution in [0.3, 0.4) is 0 Å². The lowest BCUT2D eigenvalue weighted by molar-refractivity contribution is -0.192. The highest BCUT2D eigenvalue weighted by molar-refractivity contribution is 7.93. The Balaban J connectivity index is 0.000000479. The highest BCUT2D eigenvalue weighted by atomic mass is 32.2. The summed E-state index contributed by atoms with van der Waals surface area (Å²) in [5.41, 5.74) is 1.78. The van der Waals surface area contributed by atoms with Gasteiger partial charge in [0.05, 0.1) is 24.7 Å². The Bertz CT molecular complexity index is 959. The molecule has 1 atom stereocenters. The summed E-state index contributed by atoms with van der Waals surface area (Å²) in [6.45, 7) is 7.32. The number of hydrogen-bond donors (Lipinski definition) is 1. The van der Waals surface area contributed by atoms with Crippen LogP contribution in [-0.4, -0.2) is 71.7 Å². The summed E-state index contributed by atoms with van der Waals surface area (Å²) in [5.74, 6) is -2.29. The average molecular weight is 495 g/mol. The van der Waals surface area contributed by atoms with Crippen molar-refractivity contribution in [3.8, 4) is 0 Å². The SMILES string of the molecule is Cc1cccc(COCC2CCS(=O)(=O)C23CN(C(=O)CC(C)C)C3)n1.O=C(O)C(F)(F)F. The molecule has 1 aromatic rings. The van der Waals surface area contributed by atoms with Crippen molar-refractivity contribution >= 4 is 21.7 Å². The van der Waals surface area contributed by atoms with Crippen molar-refractivity contribution < 1.29 is 41.0 Å². The van der Waals surface area contributed by atoms with E-state index in [1.165, 1.54) is 0 Å². The van der Waals surface area contributed by atoms with E-state index in [9.17, 15) is 26.4 Å². The van der Waals surface area contributed by atoms with Crippen molar-refractivity contribution in [2.24, 2.45) is 11.8 Å². The number of alkyl halides is 3. The first-order valence-corrected chi connectivity index (χ1v) is 12.1. The number of sulfone groups is 1. The molecule has 0 bridgehead atoms. The molecular weight excluding hydrogens is 465 g/mol. The van der Waals surface area contributed by atoms with Gasteiger partial charge in [0.2, 0.25) is 5.91 Å². The number of amides is 1. The molecule has 0 radical (unpaired) electrons. The standard InChI is InChI=1S/C19H28N2O4S.C2HF3O2/c1-14(2)9-18(22)21-12-19(13-21)16(7-8-26(19,23)24)10-25-11-17-6-4-5-15(3)20-17;3-2(4,5)1(6)7/h4-6,14,16H,7-13H2,1-3H3;(H,6,7). The molecule has 2 fully saturated rings. The van der Waals surface area contributed by atoms with Crippen molar-refractivity contribution in [2.75, 3.05) is 25.4 Å². The van der Waals surface area contributed by atoms with Crippen LogP contribution in [0.15, 0.2) is 18.2 Å². The lowest BCUT2D eigenvalue weighted by Crippen LogP contribution is -2.68. The lowest BCUT2D eigenvalue weighted by atomic mass is 9.83. The molecule has 1 spiro atoms. The second-order valence-corrected chi connectivity index (χ2v) is 11.3. The Morgan fingerprint density at radius 3 is 2.42 bits per heavy atom. The van der Waals surface area contributed by atoms with E-state index < -0.39 is 26.7 Å². The summed E-state index contributed by atoms with van der Waals surface area (Å²) in [6.07, 6.45) is -4.01. The van der Waals surface area contributed by atoms with Crippen LogP contribution in [-0.2, 0) is 30.8 Å². The maximum Gasteiger partial charge on any atom is 0.490 e. The number of carboxylic acids is 1. The molecule has 12 heteroatoms. The van der Waals surface area contributed by atoms with E-state index in [-0.39, 0.29) is 23.5 Å². The highest BCUT2D eigenvalue weighted by Gasteiger charge is 2.62. The molecule has 1 aromatic heterocycles. The van der Waals surface area contributed by atoms with Crippen LogP contribution in [0.5, 0.6) is 0 Å². The van der Waals surface area contributed by atoms with Crippen molar-refractivity contribution in [1.82, 2.24) is 9.88 Å². The van der Waals surface area contributed by atoms with E-state index in [0.29, 0.717) is 39.1 Å². The molecule has 1 unspecified atom stereocenters. The van der Waals surface area contributed by atoms with Crippen LogP contribution in [0.4, 0.5) is 13.2 Å². The summed E-state index contributed by atoms with van der Waals surface area (Å²) >= 11 is 0. The van der Waals surface area contributed by atoms with Crippen molar-refractivity contribution in [1.29, 1.82) is 0 Å². The zero-order valence-electron chi connectivity index (χ0n) is 18.8. The quantitative estimate of drug-likeness (QED) is 0.647. The van der Waals surface area contributed by atoms with Gasteiger partial charge in [-0.2, -0.15) is 13.2 Å². The van der Waals surface area contributed by atoms with Gasteiger partial charge in [-0.25, -0.2) is 13.2 Å². The number of ether oxygens (including phenoxy) is 1. The maximum absolute atomic E-state index is 12.6. The van der Waals surface area contributed by atoms with E-state index in [0.717, 1.165) is 11.4 Å². The van der Waals surface area contributed by atoms with Crippen LogP contribution in [0, 0.1) is 18.8 Å². The largest absolute Gasteiger partial charge is 0.490 e. The molecule has 3 rings (SSSR count). The maximum atomic E-state index is 12.6. The Hall–Kier alpha value is -2.21. The zero-order chi connectivity index (χ0) is 25.0. The fraction of sp³-hybridized carbons (Fsp3) is 0.667. The molecule has 2 saturated heterocycles. The first kappa shape index (κ1) is 27.0. The van der Waals surface area contributed by atoms with Gasteiger partial charge in [0, 0.05) is 31.1 Å². The molecule has 0 aliphatic carbocycles. The van der Waals surface area contributed by atoms with Gasteiger partial charge in [0.25, 0.3) is 0 Å². The summed E-state index contributed by atoms with van der Waals surface area (Å²) < 4.78 is 62.0. The Morgan fingerprint density at radius 2 is 1.91 bits per heavy atom. The third kappa shape index (κ3) is 6.66. The summed E-state index contributed by atoms with van der Waals surface area (Å²) in [6, 6.07) is 5.77. The van der Waals surface area contributed by atoms with E-state index in [2.05, 4.69) is 4.98 Å². The predicted octanol–water partition coefficient (Wildman–Crippen LogP) is 2.60. The Kier molecular flexibility index (Phi) is 8.50. The highest BCUT2D eigenvalue weighted by Crippen LogP contribution is 2.45. The third-order valence-corrected chi connectivity index (χ3v) is 8.31. The van der Waals surface area contributed by atoms with Gasteiger partial charge >= 0.3 is 12.1 Å². The summed E-state index contributed by atoms with van der Waals surface area (Å²) in [5, 5.41) is 7.12. The minimum absolute atomic E-state index is 0.0522. The van der Waals surface area contributed by atoms with E-state index in [4.69, 9.17) is 14.6 Å². The molecule has 1 N–H and O–H groups in total. The number of aromatic nitrogens is 1. The number of carbonyl (C=O) groups is 2. The normalized spacial score (nSPS) is 20.8. The van der Waals surface area contributed by atoms with Crippen LogP contribution < -0.4 is 0 Å². The number of aryl methyl sites for hydroxylation is 1. The number of nitrogens with zero attached hydrogens (tertiary/aromatic N) is 2. The first-order valence-electron chi connectivity index (χ1n) is 10.5. The molecule has 2 aliphatic rings. The molecule has 1 amide bonds. The number of carboxylic acid groups (broad SMARTS) is 1. The topological polar surface area (TPSA) is 114 Å². The minimum Gasteiger partial charge on any atom is -0.475 e. The van der Waals surface area contributed by atoms with Crippen molar-refractivity contribution in [2.45, 2.75) is 51.1 Å². The molecular formula is C21H29F3N2O6S. The summed E-state index contributed by atoms with van der Waals surface area (Å²) in [7, 11) is -3.19. The smallest absolute Gasteiger partial charge is 0.475 e. The second-order valence-electron chi connectivity index (χ2n) is 8.81. The van der Waals surface area contributed by atoms with E-state index in [1.54, 1.807) is 4.90 Å². The van der Waals surface area contributed by atoms with Gasteiger partial charge in [0.15, 0.2) is 9.84 Å². The first-order chi connectivity index (χ1) is 15.2. The van der Waals surface area contributed by atoms with Gasteiger partial charge in [-0.3, -0.25) is 9.78 Å². The molecule has 0 saturated carbocycles. The molecule has 0 aromatic carbocycles. The van der Waals surface area contributed by atoms with Crippen LogP contribution in [0.1, 0.15) is 38.1 Å². The van der Waals surface area contributed by atoms with Gasteiger partial charge in [-0.1, -0.05) is 19.9 Å². The molecule has 2 aliphatic heterocycles. The predicted molar refractivity (Wildman–Crippen MR) is 113 cm³/mol. The average Bonchev–Trinajstić information content (AvgIpc) is 2.90. The molecule has 3 heterocycles. The monoisotopic (exact) mass is 494 g/mol. The number of hydrogen-bond acceptors (Lipinski definition) is 6. The minimum atomic E-state index is -5.08. The van der Waals surface area contributed by atoms with Crippen LogP contribution in [0.2, 0.25) is 0 Å². The van der Waals surface area contributed by atoms with Crippen molar-refractivity contribution in [3.05, 3.63) is 29.6 Å². The Morgan fingerprint density at radius 1 is 1.30 bits per heavy atom. The Labute approximate surface area is 191 Å². The van der Waals surface area contributed by atoms with Crippen molar-refractivity contribution in [3.63, 3.8) is 0 Å². The van der Waals surface area contributed by atoms with E-state index >= 15 is 0 Å². The van der Waals surface area contributed by atoms with Gasteiger partial charge in [-0.05, 0) is 31.4 Å². The number of carbonyl (C=O) groups excluding carboxylic acids is 1. The third-order valence-electron chi connectivity index (χ3n) is 5.71. The van der Waals surface area contributed by atoms with Crippen LogP contribution in [0.25, 0.3) is 0 Å². The fourth-order valence-corrected chi connectivity index (χ4v) is 6.35. The number of likely N-dealkylation sites (tertiary alicyclic amines) is 1. The fourth-order valence-electron chi connectivity index (χ4n) is 3.95. The molecule has 186 valence electrons. The number of pyridine rings is 1. The number of halogens is 3. The van der Waals surface area contributed by atoms with Gasteiger partial charge in [0.1, 0.15) is 4.75 Å². The second kappa shape index (κ2) is 10.4. The number of rotatable bonds is 6. The van der Waals surface area contributed by atoms with Gasteiger partial charge in [-0.15, -0.1) is 0 Å².